The van der Waals surface area contributed by atoms with Crippen LogP contribution in [0.5, 0.6) is 0 Å². The molecule has 0 aromatic heterocycles. The molecule has 0 atom stereocenters. The molecule has 0 radical (unpaired) electrons. The van der Waals surface area contributed by atoms with E-state index < -0.39 is 0 Å². The highest BCUT2D eigenvalue weighted by molar-refractivity contribution is 9.11. The Morgan fingerprint density at radius 3 is 2.43 bits per heavy atom. The van der Waals surface area contributed by atoms with Gasteiger partial charge in [-0.05, 0) is 57.0 Å². The zero-order valence-electron chi connectivity index (χ0n) is 10.9. The minimum atomic E-state index is -0.118. The van der Waals surface area contributed by atoms with E-state index in [2.05, 4.69) is 37.2 Å². The summed E-state index contributed by atoms with van der Waals surface area (Å²) < 4.78 is 1.92. The lowest BCUT2D eigenvalue weighted by atomic mass is 10.1. The van der Waals surface area contributed by atoms with Crippen molar-refractivity contribution in [3.63, 3.8) is 0 Å². The Morgan fingerprint density at radius 1 is 0.905 bits per heavy atom. The number of fused-ring (bicyclic) bond motifs is 1. The maximum absolute atomic E-state index is 12.2. The highest BCUT2D eigenvalue weighted by atomic mass is 79.9. The summed E-state index contributed by atoms with van der Waals surface area (Å²) in [5.74, 6) is -0.118. The minimum Gasteiger partial charge on any atom is -0.321 e. The van der Waals surface area contributed by atoms with Gasteiger partial charge in [-0.3, -0.25) is 4.79 Å². The summed E-state index contributed by atoms with van der Waals surface area (Å²) in [5.41, 5.74) is 1.40. The van der Waals surface area contributed by atoms with E-state index in [4.69, 9.17) is 0 Å². The third-order valence-corrected chi connectivity index (χ3v) is 4.55. The largest absolute Gasteiger partial charge is 0.321 e. The molecule has 3 aromatic carbocycles. The maximum atomic E-state index is 12.2. The van der Waals surface area contributed by atoms with Crippen molar-refractivity contribution in [3.05, 3.63) is 75.2 Å². The number of nitrogens with one attached hydrogen (secondary N) is 1. The molecule has 0 aliphatic heterocycles. The Bertz CT molecular complexity index is 816. The van der Waals surface area contributed by atoms with Gasteiger partial charge in [-0.2, -0.15) is 0 Å². The van der Waals surface area contributed by atoms with E-state index in [1.54, 1.807) is 12.1 Å². The lowest BCUT2D eigenvalue weighted by Crippen LogP contribution is -2.12. The second kappa shape index (κ2) is 6.00. The highest BCUT2D eigenvalue weighted by Crippen LogP contribution is 2.33. The molecule has 3 aromatic rings. The molecule has 1 N–H and O–H groups in total. The summed E-state index contributed by atoms with van der Waals surface area (Å²) in [5, 5.41) is 5.10. The van der Waals surface area contributed by atoms with Crippen LogP contribution in [-0.4, -0.2) is 5.91 Å². The van der Waals surface area contributed by atoms with Crippen molar-refractivity contribution in [1.29, 1.82) is 0 Å². The average Bonchev–Trinajstić information content (AvgIpc) is 2.51. The summed E-state index contributed by atoms with van der Waals surface area (Å²) in [6.07, 6.45) is 0. The van der Waals surface area contributed by atoms with Crippen LogP contribution in [0.2, 0.25) is 0 Å². The van der Waals surface area contributed by atoms with Crippen LogP contribution in [-0.2, 0) is 0 Å². The van der Waals surface area contributed by atoms with Crippen LogP contribution in [0.15, 0.2) is 69.6 Å². The van der Waals surface area contributed by atoms with Gasteiger partial charge in [0.1, 0.15) is 0 Å². The van der Waals surface area contributed by atoms with Gasteiger partial charge in [-0.1, -0.05) is 46.3 Å². The standard InChI is InChI=1S/C17H11Br2NO/c18-13-7-8-14-12(10-13)6-9-15(16(14)19)20-17(21)11-4-2-1-3-5-11/h1-10H,(H,20,21). The Hall–Kier alpha value is -1.65. The van der Waals surface area contributed by atoms with Crippen molar-refractivity contribution in [2.75, 3.05) is 5.32 Å². The average molecular weight is 405 g/mol. The lowest BCUT2D eigenvalue weighted by molar-refractivity contribution is 0.102. The second-order valence-corrected chi connectivity index (χ2v) is 6.32. The van der Waals surface area contributed by atoms with Crippen LogP contribution in [0, 0.1) is 0 Å². The van der Waals surface area contributed by atoms with Crippen molar-refractivity contribution in [1.82, 2.24) is 0 Å². The van der Waals surface area contributed by atoms with E-state index in [1.807, 2.05) is 48.5 Å². The first-order valence-corrected chi connectivity index (χ1v) is 7.98. The van der Waals surface area contributed by atoms with E-state index in [0.29, 0.717) is 5.56 Å². The molecular weight excluding hydrogens is 394 g/mol. The zero-order chi connectivity index (χ0) is 14.8. The Balaban J connectivity index is 1.96. The molecule has 0 bridgehead atoms. The summed E-state index contributed by atoms with van der Waals surface area (Å²) in [6.45, 7) is 0. The highest BCUT2D eigenvalue weighted by Gasteiger charge is 2.10. The van der Waals surface area contributed by atoms with Crippen molar-refractivity contribution in [2.45, 2.75) is 0 Å². The van der Waals surface area contributed by atoms with Crippen LogP contribution in [0.25, 0.3) is 10.8 Å². The number of hydrogen-bond donors (Lipinski definition) is 1. The van der Waals surface area contributed by atoms with E-state index in [0.717, 1.165) is 25.4 Å². The fourth-order valence-corrected chi connectivity index (χ4v) is 3.11. The van der Waals surface area contributed by atoms with Gasteiger partial charge in [-0.25, -0.2) is 0 Å². The fraction of sp³-hybridized carbons (Fsp3) is 0. The molecule has 0 aliphatic rings. The van der Waals surface area contributed by atoms with Crippen LogP contribution in [0.1, 0.15) is 10.4 Å². The first-order chi connectivity index (χ1) is 10.1. The maximum Gasteiger partial charge on any atom is 0.255 e. The molecule has 4 heteroatoms. The third kappa shape index (κ3) is 3.01. The van der Waals surface area contributed by atoms with Crippen molar-refractivity contribution in [3.8, 4) is 0 Å². The number of rotatable bonds is 2. The van der Waals surface area contributed by atoms with Crippen molar-refractivity contribution < 1.29 is 4.79 Å². The number of hydrogen-bond acceptors (Lipinski definition) is 1. The number of amides is 1. The molecule has 3 rings (SSSR count). The quantitative estimate of drug-likeness (QED) is 0.590. The normalized spacial score (nSPS) is 10.6. The van der Waals surface area contributed by atoms with Gasteiger partial charge < -0.3 is 5.32 Å². The molecule has 0 heterocycles. The second-order valence-electron chi connectivity index (χ2n) is 4.61. The summed E-state index contributed by atoms with van der Waals surface area (Å²) in [4.78, 5) is 12.2. The first kappa shape index (κ1) is 14.3. The van der Waals surface area contributed by atoms with Gasteiger partial charge in [0.2, 0.25) is 0 Å². The van der Waals surface area contributed by atoms with E-state index in [-0.39, 0.29) is 5.91 Å². The van der Waals surface area contributed by atoms with Gasteiger partial charge in [-0.15, -0.1) is 0 Å². The third-order valence-electron chi connectivity index (χ3n) is 3.20. The van der Waals surface area contributed by atoms with E-state index in [9.17, 15) is 4.79 Å². The summed E-state index contributed by atoms with van der Waals surface area (Å²) >= 11 is 7.04. The Morgan fingerprint density at radius 2 is 1.67 bits per heavy atom. The van der Waals surface area contributed by atoms with Crippen LogP contribution in [0.4, 0.5) is 5.69 Å². The predicted octanol–water partition coefficient (Wildman–Crippen LogP) is 5.62. The Kier molecular flexibility index (Phi) is 4.08. The Labute approximate surface area is 139 Å². The van der Waals surface area contributed by atoms with Crippen LogP contribution >= 0.6 is 31.9 Å². The zero-order valence-corrected chi connectivity index (χ0v) is 14.1. The molecule has 0 saturated carbocycles. The van der Waals surface area contributed by atoms with Gasteiger partial charge in [0.15, 0.2) is 0 Å². The molecule has 0 saturated heterocycles. The van der Waals surface area contributed by atoms with Gasteiger partial charge in [0, 0.05) is 14.5 Å². The molecule has 1 amide bonds. The van der Waals surface area contributed by atoms with Gasteiger partial charge >= 0.3 is 0 Å². The van der Waals surface area contributed by atoms with Gasteiger partial charge in [0.05, 0.1) is 5.69 Å². The molecule has 0 aliphatic carbocycles. The topological polar surface area (TPSA) is 29.1 Å². The number of carbonyl (C=O) groups excluding carboxylic acids is 1. The monoisotopic (exact) mass is 403 g/mol. The molecule has 0 fully saturated rings. The number of halogens is 2. The number of carbonyl (C=O) groups is 1. The molecule has 104 valence electrons. The summed E-state index contributed by atoms with van der Waals surface area (Å²) in [7, 11) is 0. The fourth-order valence-electron chi connectivity index (χ4n) is 2.14. The van der Waals surface area contributed by atoms with Crippen molar-refractivity contribution >= 4 is 54.2 Å². The summed E-state index contributed by atoms with van der Waals surface area (Å²) in [6, 6.07) is 19.1. The minimum absolute atomic E-state index is 0.118. The molecule has 0 unspecified atom stereocenters. The SMILES string of the molecule is O=C(Nc1ccc2cc(Br)ccc2c1Br)c1ccccc1. The van der Waals surface area contributed by atoms with Crippen molar-refractivity contribution in [2.24, 2.45) is 0 Å². The molecule has 2 nitrogen and oxygen atoms in total. The van der Waals surface area contributed by atoms with E-state index >= 15 is 0 Å². The predicted molar refractivity (Wildman–Crippen MR) is 93.7 cm³/mol. The lowest BCUT2D eigenvalue weighted by Gasteiger charge is -2.10. The van der Waals surface area contributed by atoms with Gasteiger partial charge in [0.25, 0.3) is 5.91 Å². The molecule has 21 heavy (non-hydrogen) atoms. The number of anilines is 1. The van der Waals surface area contributed by atoms with Crippen LogP contribution in [0.3, 0.4) is 0 Å². The first-order valence-electron chi connectivity index (χ1n) is 6.39. The smallest absolute Gasteiger partial charge is 0.255 e. The van der Waals surface area contributed by atoms with Crippen LogP contribution < -0.4 is 5.32 Å². The molecule has 0 spiro atoms. The number of benzene rings is 3. The van der Waals surface area contributed by atoms with E-state index in [1.165, 1.54) is 0 Å². The molecular formula is C17H11Br2NO.